The number of carbonyl (C=O) groups is 2. The number of amides is 2. The molecule has 0 aromatic heterocycles. The molecule has 7 aromatic carbocycles. The quantitative estimate of drug-likeness (QED) is 0.0305. The first-order valence-electron chi connectivity index (χ1n) is 33.2. The first-order valence-corrected chi connectivity index (χ1v) is 33.2. The molecule has 0 fully saturated rings. The molecule has 0 spiro atoms. The fourth-order valence-corrected chi connectivity index (χ4v) is 13.6. The molecule has 3 unspecified atom stereocenters. The Labute approximate surface area is 572 Å². The van der Waals surface area contributed by atoms with Crippen molar-refractivity contribution in [3.63, 3.8) is 0 Å². The number of carbonyl (C=O) groups excluding carboxylic acids is 2. The normalized spacial score (nSPS) is 16.9. The molecule has 490 valence electrons. The van der Waals surface area contributed by atoms with Gasteiger partial charge in [0.15, 0.2) is 0 Å². The number of benzene rings is 7. The Balaban J connectivity index is 1.13. The van der Waals surface area contributed by atoms with Crippen molar-refractivity contribution < 1.29 is 28.5 Å². The van der Waals surface area contributed by atoms with Crippen LogP contribution in [0.25, 0.3) is 41.2 Å². The molecule has 7 aromatic rings. The molecule has 0 N–H and O–H groups in total. The zero-order valence-corrected chi connectivity index (χ0v) is 58.5. The zero-order valence-electron chi connectivity index (χ0n) is 58.5. The van der Waals surface area contributed by atoms with E-state index in [4.69, 9.17) is 44.6 Å². The summed E-state index contributed by atoms with van der Waals surface area (Å²) in [5.74, 6) is 13.4. The van der Waals surface area contributed by atoms with E-state index in [0.717, 1.165) is 106 Å². The molecule has 2 aliphatic rings. The van der Waals surface area contributed by atoms with Crippen LogP contribution < -0.4 is 14.5 Å². The molecule has 96 heavy (non-hydrogen) atoms. The Hall–Kier alpha value is -10.1. The lowest BCUT2D eigenvalue weighted by Crippen LogP contribution is -2.43. The molecule has 0 aliphatic carbocycles. The lowest BCUT2D eigenvalue weighted by Gasteiger charge is -2.44. The molecule has 8 heteroatoms. The molecule has 9 rings (SSSR count). The van der Waals surface area contributed by atoms with Gasteiger partial charge in [-0.3, -0.25) is 9.59 Å². The molecular weight excluding hydrogens is 1180 g/mol. The minimum atomic E-state index is -1.31. The molecule has 0 radical (unpaired) electrons. The maximum absolute atomic E-state index is 16.5. The van der Waals surface area contributed by atoms with Gasteiger partial charge in [0, 0.05) is 47.1 Å². The van der Waals surface area contributed by atoms with Crippen LogP contribution in [0.5, 0.6) is 5.75 Å². The monoisotopic (exact) mass is 1270 g/mol. The Morgan fingerprint density at radius 3 is 1.44 bits per heavy atom. The first-order chi connectivity index (χ1) is 45.8. The number of fused-ring (bicyclic) bond motifs is 3. The Kier molecular flexibility index (Phi) is 21.1. The minimum absolute atomic E-state index is 0.0114. The van der Waals surface area contributed by atoms with Crippen molar-refractivity contribution in [3.05, 3.63) is 236 Å². The number of allylic oxidation sites excluding steroid dienone is 3. The second-order valence-electron chi connectivity index (χ2n) is 27.8. The van der Waals surface area contributed by atoms with Crippen LogP contribution in [0, 0.1) is 79.0 Å². The summed E-state index contributed by atoms with van der Waals surface area (Å²) < 4.78 is 24.3. The van der Waals surface area contributed by atoms with E-state index >= 15 is 9.59 Å². The molecule has 8 nitrogen and oxygen atoms in total. The minimum Gasteiger partial charge on any atom is -0.486 e. The third-order valence-corrected chi connectivity index (χ3v) is 20.9. The van der Waals surface area contributed by atoms with Crippen LogP contribution in [-0.2, 0) is 40.0 Å². The highest BCUT2D eigenvalue weighted by atomic mass is 16.5. The van der Waals surface area contributed by atoms with E-state index in [1.807, 2.05) is 103 Å². The zero-order chi connectivity index (χ0) is 69.5. The smallest absolute Gasteiger partial charge is 0.246 e. The third kappa shape index (κ3) is 13.1. The van der Waals surface area contributed by atoms with Crippen molar-refractivity contribution in [2.24, 2.45) is 22.7 Å². The lowest BCUT2D eigenvalue weighted by atomic mass is 9.62. The van der Waals surface area contributed by atoms with Crippen LogP contribution in [0.4, 0.5) is 11.4 Å². The van der Waals surface area contributed by atoms with Gasteiger partial charge in [0.1, 0.15) is 48.8 Å². The average molecular weight is 1270 g/mol. The van der Waals surface area contributed by atoms with Gasteiger partial charge in [0.25, 0.3) is 0 Å². The number of rotatable bonds is 26. The van der Waals surface area contributed by atoms with Gasteiger partial charge in [-0.2, -0.15) is 0 Å². The predicted molar refractivity (Wildman–Crippen MR) is 399 cm³/mol. The summed E-state index contributed by atoms with van der Waals surface area (Å²) in [5, 5.41) is 1.92. The van der Waals surface area contributed by atoms with Crippen LogP contribution in [-0.4, -0.2) is 51.3 Å². The van der Waals surface area contributed by atoms with Gasteiger partial charge < -0.3 is 28.7 Å². The number of unbranched alkanes of at least 4 members (excludes halogenated alkanes) is 1. The van der Waals surface area contributed by atoms with Crippen molar-refractivity contribution >= 4 is 64.3 Å². The van der Waals surface area contributed by atoms with Crippen LogP contribution in [0.3, 0.4) is 0 Å². The molecule has 2 amide bonds. The van der Waals surface area contributed by atoms with Crippen molar-refractivity contribution in [3.8, 4) is 55.1 Å². The number of hydrogen-bond donors (Lipinski definition) is 0. The van der Waals surface area contributed by atoms with Gasteiger partial charge in [0.05, 0.1) is 11.5 Å². The fourth-order valence-electron chi connectivity index (χ4n) is 13.6. The number of aryl methyl sites for hydroxylation is 1. The summed E-state index contributed by atoms with van der Waals surface area (Å²) in [6, 6.07) is 45.5. The number of anilines is 2. The Morgan fingerprint density at radius 2 is 0.979 bits per heavy atom. The number of nitrogens with zero attached hydrogens (tertiary/aromatic N) is 2. The summed E-state index contributed by atoms with van der Waals surface area (Å²) in [5.41, 5.74) is 9.79. The van der Waals surface area contributed by atoms with Crippen LogP contribution >= 0.6 is 0 Å². The number of hydrogen-bond acceptors (Lipinski definition) is 6. The summed E-state index contributed by atoms with van der Waals surface area (Å²) in [4.78, 5) is 36.9. The predicted octanol–water partition coefficient (Wildman–Crippen LogP) is 18.9. The van der Waals surface area contributed by atoms with Crippen LogP contribution in [0.1, 0.15) is 168 Å². The van der Waals surface area contributed by atoms with E-state index in [-0.39, 0.29) is 66.3 Å². The third-order valence-electron chi connectivity index (χ3n) is 20.9. The summed E-state index contributed by atoms with van der Waals surface area (Å²) in [6.07, 6.45) is 33.5. The van der Waals surface area contributed by atoms with Crippen LogP contribution in [0.2, 0.25) is 0 Å². The molecule has 0 saturated heterocycles. The van der Waals surface area contributed by atoms with Gasteiger partial charge in [-0.05, 0) is 183 Å². The maximum atomic E-state index is 16.5. The second-order valence-corrected chi connectivity index (χ2v) is 27.8. The first kappa shape index (κ1) is 70.2. The van der Waals surface area contributed by atoms with E-state index < -0.39 is 10.8 Å². The van der Waals surface area contributed by atoms with Gasteiger partial charge in [-0.25, -0.2) is 0 Å². The molecule has 2 aliphatic heterocycles. The van der Waals surface area contributed by atoms with E-state index in [2.05, 4.69) is 198 Å². The van der Waals surface area contributed by atoms with Gasteiger partial charge >= 0.3 is 0 Å². The largest absolute Gasteiger partial charge is 0.486 e. The highest BCUT2D eigenvalue weighted by Crippen LogP contribution is 2.55. The van der Waals surface area contributed by atoms with Crippen molar-refractivity contribution in [1.29, 1.82) is 0 Å². The topological polar surface area (TPSA) is 77.5 Å². The molecule has 2 heterocycles. The highest BCUT2D eigenvalue weighted by molar-refractivity contribution is 6.14. The second kappa shape index (κ2) is 28.8. The number of para-hydroxylation sites is 2. The van der Waals surface area contributed by atoms with E-state index in [9.17, 15) is 0 Å². The Bertz CT molecular complexity index is 4430. The maximum Gasteiger partial charge on any atom is 0.246 e. The number of terminal acetylenes is 4. The van der Waals surface area contributed by atoms with E-state index in [1.54, 1.807) is 0 Å². The van der Waals surface area contributed by atoms with Gasteiger partial charge in [-0.1, -0.05) is 209 Å². The molecule has 0 bridgehead atoms. The average Bonchev–Trinajstić information content (AvgIpc) is 1.53. The summed E-state index contributed by atoms with van der Waals surface area (Å²) >= 11 is 0. The van der Waals surface area contributed by atoms with Crippen LogP contribution in [0.15, 0.2) is 164 Å². The van der Waals surface area contributed by atoms with Crippen molar-refractivity contribution in [2.45, 2.75) is 119 Å². The summed E-state index contributed by atoms with van der Waals surface area (Å²) in [7, 11) is 0. The van der Waals surface area contributed by atoms with Gasteiger partial charge in [-0.15, -0.1) is 25.7 Å². The number of ether oxygens (including phenoxy) is 4. The standard InChI is InChI=1S/C88H92N2O6/c1-20-46-93-61(10)51-67-37-41-72(53-64(67)24-5)87(71-40-36-66(60(9)50-71)57-80(95-48-22-3)63(12)86(18,19)84(13,14)15)75-32-26-28-34-78(75)89(82(87)91)44-30-31-45-90-79-35-29-27-33-76(79)88(83(90)92,73-42-38-68(65(25-6)54-73)52-62(11)94-47-21-2)74-43-39-69-58-81(96-49-23-4)77(56-70(69)55-74)85(16,17)59(7)8/h1-4,24-29,32-43,50-59,63H,5-6,30-31,44-49H2,7-19H3/b61-51+,62-52+,80-57+. The SMILES string of the molecule is C#CCO/C(C)=C/c1ccc(C2(c3ccc(/C=C(/OCC#C)C(C)C(C)(C)C(C)(C)C)c(C)c3)C(=O)N(CCCCN3C(=O)C(c4ccc(/C=C(\C)OCC#C)c(C=C)c4)(c4ccc5cc(OCC#C)c(C(C)(C)C(C)C)cc5c4)c4ccccc43)c3ccccc32)cc1C=C. The summed E-state index contributed by atoms with van der Waals surface area (Å²) in [6.45, 7) is 38.0. The van der Waals surface area contributed by atoms with Crippen molar-refractivity contribution in [1.82, 2.24) is 0 Å². The molecule has 3 atom stereocenters. The van der Waals surface area contributed by atoms with Crippen molar-refractivity contribution in [2.75, 3.05) is 49.3 Å². The lowest BCUT2D eigenvalue weighted by molar-refractivity contribution is -0.121. The highest BCUT2D eigenvalue weighted by Gasteiger charge is 2.55. The van der Waals surface area contributed by atoms with E-state index in [1.165, 1.54) is 0 Å². The Morgan fingerprint density at radius 1 is 0.531 bits per heavy atom. The molecular formula is C88H92N2O6. The van der Waals surface area contributed by atoms with E-state index in [0.29, 0.717) is 37.4 Å². The van der Waals surface area contributed by atoms with Gasteiger partial charge in [0.2, 0.25) is 11.8 Å². The molecule has 0 saturated carbocycles. The fraction of sp³-hybridized carbons (Fsp3) is 0.318.